The Kier molecular flexibility index (Phi) is 3.12. The van der Waals surface area contributed by atoms with Gasteiger partial charge < -0.3 is 5.32 Å². The molecular weight excluding hydrogens is 162 g/mol. The lowest BCUT2D eigenvalue weighted by Crippen LogP contribution is -2.48. The first kappa shape index (κ1) is 10.3. The first-order valence-corrected chi connectivity index (χ1v) is 5.00. The van der Waals surface area contributed by atoms with Gasteiger partial charge in [-0.05, 0) is 31.8 Å². The standard InChI is InChI=1S/C11H19NO/c1-4-10(13)12-11(3)7-5-6-9(2)8-11/h4,9H,1,5-8H2,2-3H3,(H,12,13). The van der Waals surface area contributed by atoms with Crippen LogP contribution in [0.25, 0.3) is 0 Å². The van der Waals surface area contributed by atoms with Crippen LogP contribution in [-0.2, 0) is 4.79 Å². The molecule has 1 amide bonds. The number of nitrogens with one attached hydrogen (secondary N) is 1. The third-order valence-electron chi connectivity index (χ3n) is 2.83. The molecule has 1 aliphatic carbocycles. The highest BCUT2D eigenvalue weighted by Crippen LogP contribution is 2.31. The van der Waals surface area contributed by atoms with Crippen molar-refractivity contribution < 1.29 is 4.79 Å². The van der Waals surface area contributed by atoms with Crippen LogP contribution in [0.5, 0.6) is 0 Å². The van der Waals surface area contributed by atoms with Gasteiger partial charge >= 0.3 is 0 Å². The van der Waals surface area contributed by atoms with E-state index in [1.54, 1.807) is 0 Å². The van der Waals surface area contributed by atoms with Crippen molar-refractivity contribution >= 4 is 5.91 Å². The Morgan fingerprint density at radius 3 is 2.92 bits per heavy atom. The Labute approximate surface area is 80.4 Å². The van der Waals surface area contributed by atoms with Gasteiger partial charge in [0.25, 0.3) is 0 Å². The highest BCUT2D eigenvalue weighted by atomic mass is 16.1. The Morgan fingerprint density at radius 2 is 2.38 bits per heavy atom. The van der Waals surface area contributed by atoms with Crippen molar-refractivity contribution in [2.24, 2.45) is 5.92 Å². The summed E-state index contributed by atoms with van der Waals surface area (Å²) >= 11 is 0. The number of amides is 1. The van der Waals surface area contributed by atoms with Gasteiger partial charge in [-0.15, -0.1) is 0 Å². The van der Waals surface area contributed by atoms with E-state index in [9.17, 15) is 4.79 Å². The summed E-state index contributed by atoms with van der Waals surface area (Å²) in [6, 6.07) is 0. The summed E-state index contributed by atoms with van der Waals surface area (Å²) in [6.45, 7) is 7.84. The van der Waals surface area contributed by atoms with E-state index in [1.165, 1.54) is 18.9 Å². The van der Waals surface area contributed by atoms with E-state index < -0.39 is 0 Å². The van der Waals surface area contributed by atoms with Gasteiger partial charge in [0.05, 0.1) is 0 Å². The molecule has 2 atom stereocenters. The molecule has 0 aromatic rings. The predicted octanol–water partition coefficient (Wildman–Crippen LogP) is 2.26. The predicted molar refractivity (Wildman–Crippen MR) is 54.4 cm³/mol. The van der Waals surface area contributed by atoms with Gasteiger partial charge in [0.2, 0.25) is 5.91 Å². The van der Waals surface area contributed by atoms with Gasteiger partial charge in [-0.1, -0.05) is 26.3 Å². The minimum Gasteiger partial charge on any atom is -0.347 e. The fourth-order valence-electron chi connectivity index (χ4n) is 2.28. The number of hydrogen-bond acceptors (Lipinski definition) is 1. The van der Waals surface area contributed by atoms with Gasteiger partial charge in [-0.25, -0.2) is 0 Å². The van der Waals surface area contributed by atoms with E-state index in [1.807, 2.05) is 0 Å². The largest absolute Gasteiger partial charge is 0.347 e. The van der Waals surface area contributed by atoms with Crippen LogP contribution in [0.2, 0.25) is 0 Å². The van der Waals surface area contributed by atoms with Crippen molar-refractivity contribution in [2.45, 2.75) is 45.1 Å². The first-order valence-electron chi connectivity index (χ1n) is 5.00. The van der Waals surface area contributed by atoms with Crippen molar-refractivity contribution in [3.8, 4) is 0 Å². The van der Waals surface area contributed by atoms with Crippen molar-refractivity contribution in [3.05, 3.63) is 12.7 Å². The summed E-state index contributed by atoms with van der Waals surface area (Å²) in [5, 5.41) is 3.02. The maximum Gasteiger partial charge on any atom is 0.243 e. The quantitative estimate of drug-likeness (QED) is 0.650. The Hall–Kier alpha value is -0.790. The molecule has 0 bridgehead atoms. The van der Waals surface area contributed by atoms with Gasteiger partial charge in [0, 0.05) is 5.54 Å². The average molecular weight is 181 g/mol. The lowest BCUT2D eigenvalue weighted by atomic mass is 9.77. The second kappa shape index (κ2) is 3.95. The first-order chi connectivity index (χ1) is 6.06. The Morgan fingerprint density at radius 1 is 1.69 bits per heavy atom. The summed E-state index contributed by atoms with van der Waals surface area (Å²) in [5.74, 6) is 0.681. The molecule has 0 aliphatic heterocycles. The Balaban J connectivity index is 2.53. The van der Waals surface area contributed by atoms with Crippen LogP contribution in [0.1, 0.15) is 39.5 Å². The normalized spacial score (nSPS) is 33.8. The van der Waals surface area contributed by atoms with Crippen molar-refractivity contribution in [1.82, 2.24) is 5.32 Å². The molecule has 0 spiro atoms. The van der Waals surface area contributed by atoms with Crippen LogP contribution < -0.4 is 5.32 Å². The van der Waals surface area contributed by atoms with Gasteiger partial charge in [-0.3, -0.25) is 4.79 Å². The van der Waals surface area contributed by atoms with Crippen LogP contribution in [0.15, 0.2) is 12.7 Å². The maximum atomic E-state index is 11.2. The topological polar surface area (TPSA) is 29.1 Å². The molecular formula is C11H19NO. The number of carbonyl (C=O) groups is 1. The van der Waals surface area contributed by atoms with E-state index in [-0.39, 0.29) is 11.4 Å². The smallest absolute Gasteiger partial charge is 0.243 e. The fraction of sp³-hybridized carbons (Fsp3) is 0.727. The lowest BCUT2D eigenvalue weighted by molar-refractivity contribution is -0.118. The monoisotopic (exact) mass is 181 g/mol. The molecule has 1 N–H and O–H groups in total. The second-order valence-corrected chi connectivity index (χ2v) is 4.46. The highest BCUT2D eigenvalue weighted by Gasteiger charge is 2.30. The maximum absolute atomic E-state index is 11.2. The average Bonchev–Trinajstić information content (AvgIpc) is 2.02. The van der Waals surface area contributed by atoms with Crippen LogP contribution in [0, 0.1) is 5.92 Å². The van der Waals surface area contributed by atoms with E-state index in [0.29, 0.717) is 0 Å². The van der Waals surface area contributed by atoms with Crippen molar-refractivity contribution in [1.29, 1.82) is 0 Å². The van der Waals surface area contributed by atoms with Gasteiger partial charge in [0.1, 0.15) is 0 Å². The molecule has 1 aliphatic rings. The molecule has 74 valence electrons. The SMILES string of the molecule is C=CC(=O)NC1(C)CCCC(C)C1. The zero-order valence-electron chi connectivity index (χ0n) is 8.60. The number of hydrogen-bond donors (Lipinski definition) is 1. The summed E-state index contributed by atoms with van der Waals surface area (Å²) in [5.41, 5.74) is 0.00292. The molecule has 0 aromatic heterocycles. The molecule has 0 saturated heterocycles. The van der Waals surface area contributed by atoms with Crippen molar-refractivity contribution in [3.63, 3.8) is 0 Å². The van der Waals surface area contributed by atoms with E-state index in [4.69, 9.17) is 0 Å². The molecule has 2 nitrogen and oxygen atoms in total. The third kappa shape index (κ3) is 2.87. The van der Waals surface area contributed by atoms with Gasteiger partial charge in [-0.2, -0.15) is 0 Å². The minimum atomic E-state index is -0.0448. The van der Waals surface area contributed by atoms with Crippen LogP contribution in [0.4, 0.5) is 0 Å². The molecule has 13 heavy (non-hydrogen) atoms. The summed E-state index contributed by atoms with van der Waals surface area (Å²) < 4.78 is 0. The van der Waals surface area contributed by atoms with E-state index >= 15 is 0 Å². The van der Waals surface area contributed by atoms with Gasteiger partial charge in [0.15, 0.2) is 0 Å². The highest BCUT2D eigenvalue weighted by molar-refractivity contribution is 5.87. The molecule has 1 fully saturated rings. The van der Waals surface area contributed by atoms with Crippen LogP contribution in [0.3, 0.4) is 0 Å². The zero-order valence-corrected chi connectivity index (χ0v) is 8.60. The number of carbonyl (C=O) groups excluding carboxylic acids is 1. The lowest BCUT2D eigenvalue weighted by Gasteiger charge is -2.37. The molecule has 2 unspecified atom stereocenters. The Bertz CT molecular complexity index is 212. The van der Waals surface area contributed by atoms with E-state index in [0.717, 1.165) is 18.8 Å². The summed E-state index contributed by atoms with van der Waals surface area (Å²) in [7, 11) is 0. The molecule has 0 heterocycles. The molecule has 0 radical (unpaired) electrons. The minimum absolute atomic E-state index is 0.00292. The molecule has 0 aromatic carbocycles. The molecule has 1 saturated carbocycles. The molecule has 2 heteroatoms. The summed E-state index contributed by atoms with van der Waals surface area (Å²) in [4.78, 5) is 11.2. The van der Waals surface area contributed by atoms with E-state index in [2.05, 4.69) is 25.7 Å². The second-order valence-electron chi connectivity index (χ2n) is 4.46. The fourth-order valence-corrected chi connectivity index (χ4v) is 2.28. The third-order valence-corrected chi connectivity index (χ3v) is 2.83. The van der Waals surface area contributed by atoms with Crippen LogP contribution >= 0.6 is 0 Å². The zero-order chi connectivity index (χ0) is 9.90. The number of rotatable bonds is 2. The molecule has 1 rings (SSSR count). The van der Waals surface area contributed by atoms with Crippen LogP contribution in [-0.4, -0.2) is 11.4 Å². The van der Waals surface area contributed by atoms with Crippen molar-refractivity contribution in [2.75, 3.05) is 0 Å². The summed E-state index contributed by atoms with van der Waals surface area (Å²) in [6.07, 6.45) is 6.04.